The fraction of sp³-hybridized carbons (Fsp3) is 0.600. The molecular weight excluding hydrogens is 424 g/mol. The number of nitrogens with one attached hydrogen (secondary N) is 1. The average Bonchev–Trinajstić information content (AvgIpc) is 3.22. The SMILES string of the molecule is Cc1ccnc(SC[C@@H]2C[C@H](SC3=C(C(=O)O)N4C(=O)[C@H]([C@@H](C)O)[C@H]4[C@H]3C)CN2)n1. The van der Waals surface area contributed by atoms with Crippen molar-refractivity contribution in [1.82, 2.24) is 20.2 Å². The number of carbonyl (C=O) groups is 2. The smallest absolute Gasteiger partial charge is 0.353 e. The molecular formula is C20H26N4O4S2. The lowest BCUT2D eigenvalue weighted by atomic mass is 9.79. The third kappa shape index (κ3) is 3.86. The predicted octanol–water partition coefficient (Wildman–Crippen LogP) is 1.49. The lowest BCUT2D eigenvalue weighted by Gasteiger charge is -2.46. The Labute approximate surface area is 183 Å². The van der Waals surface area contributed by atoms with E-state index in [2.05, 4.69) is 15.3 Å². The maximum atomic E-state index is 12.5. The summed E-state index contributed by atoms with van der Waals surface area (Å²) in [5.74, 6) is -1.12. The monoisotopic (exact) mass is 450 g/mol. The number of aromatic nitrogens is 2. The van der Waals surface area contributed by atoms with Gasteiger partial charge in [-0.1, -0.05) is 18.7 Å². The van der Waals surface area contributed by atoms with Crippen molar-refractivity contribution in [3.63, 3.8) is 0 Å². The van der Waals surface area contributed by atoms with E-state index in [1.165, 1.54) is 4.90 Å². The molecule has 162 valence electrons. The van der Waals surface area contributed by atoms with Crippen LogP contribution in [-0.4, -0.2) is 72.7 Å². The highest BCUT2D eigenvalue weighted by Crippen LogP contribution is 2.51. The van der Waals surface area contributed by atoms with E-state index in [0.717, 1.165) is 34.5 Å². The second kappa shape index (κ2) is 8.49. The van der Waals surface area contributed by atoms with E-state index in [1.807, 2.05) is 19.9 Å². The number of amides is 1. The second-order valence-electron chi connectivity index (χ2n) is 8.14. The molecule has 0 radical (unpaired) electrons. The van der Waals surface area contributed by atoms with E-state index in [4.69, 9.17) is 0 Å². The fourth-order valence-corrected chi connectivity index (χ4v) is 6.99. The molecule has 0 saturated carbocycles. The van der Waals surface area contributed by atoms with Gasteiger partial charge in [-0.3, -0.25) is 4.79 Å². The summed E-state index contributed by atoms with van der Waals surface area (Å²) < 4.78 is 0. The van der Waals surface area contributed by atoms with Gasteiger partial charge in [-0.2, -0.15) is 0 Å². The number of hydrogen-bond acceptors (Lipinski definition) is 8. The van der Waals surface area contributed by atoms with Crippen LogP contribution in [0, 0.1) is 18.8 Å². The van der Waals surface area contributed by atoms with Gasteiger partial charge in [0.2, 0.25) is 5.91 Å². The van der Waals surface area contributed by atoms with Crippen LogP contribution >= 0.6 is 23.5 Å². The van der Waals surface area contributed by atoms with Crippen molar-refractivity contribution in [1.29, 1.82) is 0 Å². The highest BCUT2D eigenvalue weighted by molar-refractivity contribution is 8.03. The van der Waals surface area contributed by atoms with Crippen LogP contribution in [0.4, 0.5) is 0 Å². The largest absolute Gasteiger partial charge is 0.477 e. The van der Waals surface area contributed by atoms with Gasteiger partial charge in [0.25, 0.3) is 0 Å². The molecule has 2 saturated heterocycles. The highest BCUT2D eigenvalue weighted by atomic mass is 32.2. The quantitative estimate of drug-likeness (QED) is 0.323. The molecule has 10 heteroatoms. The van der Waals surface area contributed by atoms with Crippen LogP contribution in [0.1, 0.15) is 26.0 Å². The topological polar surface area (TPSA) is 116 Å². The number of carboxylic acids is 1. The van der Waals surface area contributed by atoms with Crippen LogP contribution in [0.2, 0.25) is 0 Å². The summed E-state index contributed by atoms with van der Waals surface area (Å²) in [6, 6.07) is 1.91. The third-order valence-corrected chi connectivity index (χ3v) is 8.51. The zero-order chi connectivity index (χ0) is 21.6. The molecule has 0 unspecified atom stereocenters. The van der Waals surface area contributed by atoms with Gasteiger partial charge in [0.15, 0.2) is 5.16 Å². The zero-order valence-corrected chi connectivity index (χ0v) is 18.7. The second-order valence-corrected chi connectivity index (χ2v) is 10.5. The van der Waals surface area contributed by atoms with Crippen molar-refractivity contribution in [2.45, 2.75) is 55.8 Å². The van der Waals surface area contributed by atoms with Gasteiger partial charge >= 0.3 is 5.97 Å². The number of rotatable bonds is 7. The number of carboxylic acid groups (broad SMARTS) is 1. The number of aliphatic carboxylic acids is 1. The number of nitrogens with zero attached hydrogens (tertiary/aromatic N) is 3. The Balaban J connectivity index is 1.40. The van der Waals surface area contributed by atoms with E-state index in [9.17, 15) is 19.8 Å². The first-order valence-electron chi connectivity index (χ1n) is 10.1. The fourth-order valence-electron chi connectivity index (χ4n) is 4.53. The van der Waals surface area contributed by atoms with Crippen molar-refractivity contribution in [2.75, 3.05) is 12.3 Å². The minimum atomic E-state index is -1.07. The van der Waals surface area contributed by atoms with E-state index >= 15 is 0 Å². The van der Waals surface area contributed by atoms with Crippen LogP contribution in [0.25, 0.3) is 0 Å². The summed E-state index contributed by atoms with van der Waals surface area (Å²) in [4.78, 5) is 35.2. The first kappa shape index (κ1) is 21.6. The summed E-state index contributed by atoms with van der Waals surface area (Å²) in [5, 5.41) is 24.2. The first-order valence-corrected chi connectivity index (χ1v) is 12.0. The molecule has 0 aliphatic carbocycles. The van der Waals surface area contributed by atoms with Crippen LogP contribution < -0.4 is 5.32 Å². The van der Waals surface area contributed by atoms with Crippen molar-refractivity contribution >= 4 is 35.4 Å². The van der Waals surface area contributed by atoms with Gasteiger partial charge in [-0.25, -0.2) is 14.8 Å². The molecule has 1 amide bonds. The normalized spacial score (nSPS) is 31.7. The Bertz CT molecular complexity index is 893. The number of β-lactam (4-membered cyclic amide) rings is 1. The minimum absolute atomic E-state index is 0.0903. The Morgan fingerprint density at radius 2 is 2.23 bits per heavy atom. The number of aliphatic hydroxyl groups excluding tert-OH is 1. The van der Waals surface area contributed by atoms with Crippen molar-refractivity contribution in [3.8, 4) is 0 Å². The predicted molar refractivity (Wildman–Crippen MR) is 115 cm³/mol. The van der Waals surface area contributed by atoms with Gasteiger partial charge in [0.05, 0.1) is 18.1 Å². The van der Waals surface area contributed by atoms with Gasteiger partial charge in [-0.15, -0.1) is 11.8 Å². The number of hydrogen-bond donors (Lipinski definition) is 3. The summed E-state index contributed by atoms with van der Waals surface area (Å²) in [6.45, 7) is 6.28. The number of thioether (sulfide) groups is 2. The molecule has 3 aliphatic heterocycles. The third-order valence-electron chi connectivity index (χ3n) is 5.97. The molecule has 4 rings (SSSR count). The maximum Gasteiger partial charge on any atom is 0.353 e. The molecule has 0 bridgehead atoms. The Hall–Kier alpha value is -1.62. The molecule has 8 nitrogen and oxygen atoms in total. The van der Waals surface area contributed by atoms with E-state index in [1.54, 1.807) is 36.6 Å². The lowest BCUT2D eigenvalue weighted by Crippen LogP contribution is -2.63. The Morgan fingerprint density at radius 3 is 2.90 bits per heavy atom. The molecule has 3 N–H and O–H groups in total. The van der Waals surface area contributed by atoms with E-state index in [0.29, 0.717) is 6.04 Å². The molecule has 2 fully saturated rings. The van der Waals surface area contributed by atoms with Crippen LogP contribution in [0.3, 0.4) is 0 Å². The lowest BCUT2D eigenvalue weighted by molar-refractivity contribution is -0.163. The first-order chi connectivity index (χ1) is 14.3. The van der Waals surface area contributed by atoms with E-state index in [-0.39, 0.29) is 28.8 Å². The van der Waals surface area contributed by atoms with Crippen LogP contribution in [-0.2, 0) is 9.59 Å². The molecule has 6 atom stereocenters. The minimum Gasteiger partial charge on any atom is -0.477 e. The summed E-state index contributed by atoms with van der Waals surface area (Å²) in [5.41, 5.74) is 1.05. The van der Waals surface area contributed by atoms with Crippen molar-refractivity contribution in [2.24, 2.45) is 11.8 Å². The number of fused-ring (bicyclic) bond motifs is 1. The number of aliphatic hydroxyl groups is 1. The van der Waals surface area contributed by atoms with Crippen LogP contribution in [0.5, 0.6) is 0 Å². The molecule has 1 aromatic heterocycles. The van der Waals surface area contributed by atoms with Gasteiger partial charge in [0, 0.05) is 46.3 Å². The summed E-state index contributed by atoms with van der Waals surface area (Å²) >= 11 is 3.19. The molecule has 3 aliphatic rings. The zero-order valence-electron chi connectivity index (χ0n) is 17.1. The highest BCUT2D eigenvalue weighted by Gasteiger charge is 2.60. The molecule has 0 spiro atoms. The van der Waals surface area contributed by atoms with E-state index < -0.39 is 18.0 Å². The number of aryl methyl sites for hydroxylation is 1. The Morgan fingerprint density at radius 1 is 1.47 bits per heavy atom. The Kier molecular flexibility index (Phi) is 6.11. The molecule has 4 heterocycles. The standard InChI is InChI=1S/C20H26N4O4S2/c1-9-4-5-21-20(23-9)29-8-12-6-13(7-22-12)30-17-10(2)15-14(11(3)25)18(26)24(15)16(17)19(27)28/h4-5,10-15,22,25H,6-8H2,1-3H3,(H,27,28)/t10-,11-,12+,13+,14-,15-/m1/s1. The number of carbonyl (C=O) groups excluding carboxylic acids is 1. The van der Waals surface area contributed by atoms with Crippen molar-refractivity contribution < 1.29 is 19.8 Å². The maximum absolute atomic E-state index is 12.5. The summed E-state index contributed by atoms with van der Waals surface area (Å²) in [7, 11) is 0. The molecule has 0 aromatic carbocycles. The molecule has 30 heavy (non-hydrogen) atoms. The van der Waals surface area contributed by atoms with Gasteiger partial charge in [0.1, 0.15) is 5.70 Å². The van der Waals surface area contributed by atoms with Gasteiger partial charge in [-0.05, 0) is 26.3 Å². The molecule has 1 aromatic rings. The average molecular weight is 451 g/mol. The van der Waals surface area contributed by atoms with Crippen LogP contribution in [0.15, 0.2) is 28.0 Å². The summed E-state index contributed by atoms with van der Waals surface area (Å²) in [6.07, 6.45) is 1.89. The van der Waals surface area contributed by atoms with Crippen molar-refractivity contribution in [3.05, 3.63) is 28.6 Å². The van der Waals surface area contributed by atoms with Gasteiger partial charge < -0.3 is 20.4 Å².